The number of aryl methyl sites for hydroxylation is 1. The van der Waals surface area contributed by atoms with Gasteiger partial charge in [-0.05, 0) is 53.9 Å². The summed E-state index contributed by atoms with van der Waals surface area (Å²) in [5.41, 5.74) is 4.83. The number of rotatable bonds is 10. The third-order valence-corrected chi connectivity index (χ3v) is 6.00. The first-order chi connectivity index (χ1) is 17.6. The second-order valence-electron chi connectivity index (χ2n) is 8.58. The molecule has 0 N–H and O–H groups in total. The molecule has 3 aromatic rings. The smallest absolute Gasteiger partial charge is 0.260 e. The number of methoxy groups -OCH3 is 1. The molecule has 1 fully saturated rings. The van der Waals surface area contributed by atoms with Gasteiger partial charge in [0.05, 0.1) is 26.0 Å². The standard InChI is InChI=1S/C29H32N2O5/c1-22-18-25(10-13-28(22)35-21-29(32)31-14-16-34-17-15-31)27(19-23-6-4-3-5-7-23)30-36-20-24-8-11-26(33-2)12-9-24/h3-13,18H,14-17,19-21H2,1-2H3/b30-27-. The number of oxime groups is 1. The summed E-state index contributed by atoms with van der Waals surface area (Å²) in [6.45, 7) is 4.69. The highest BCUT2D eigenvalue weighted by atomic mass is 16.6. The first kappa shape index (κ1) is 25.3. The Morgan fingerprint density at radius 3 is 2.42 bits per heavy atom. The van der Waals surface area contributed by atoms with Crippen molar-refractivity contribution in [2.75, 3.05) is 40.0 Å². The highest BCUT2D eigenvalue weighted by Gasteiger charge is 2.18. The molecule has 0 bridgehead atoms. The highest BCUT2D eigenvalue weighted by Crippen LogP contribution is 2.21. The summed E-state index contributed by atoms with van der Waals surface area (Å²) >= 11 is 0. The summed E-state index contributed by atoms with van der Waals surface area (Å²) in [5, 5.41) is 4.51. The third kappa shape index (κ3) is 7.09. The van der Waals surface area contributed by atoms with Crippen molar-refractivity contribution in [2.45, 2.75) is 20.0 Å². The predicted octanol–water partition coefficient (Wildman–Crippen LogP) is 4.40. The molecule has 0 radical (unpaired) electrons. The average molecular weight is 489 g/mol. The molecule has 0 saturated carbocycles. The van der Waals surface area contributed by atoms with Crippen molar-refractivity contribution < 1.29 is 23.8 Å². The van der Waals surface area contributed by atoms with Crippen LogP contribution in [0.15, 0.2) is 78.0 Å². The number of hydrogen-bond acceptors (Lipinski definition) is 6. The number of nitrogens with zero attached hydrogens (tertiary/aromatic N) is 2. The molecule has 0 spiro atoms. The fourth-order valence-corrected chi connectivity index (χ4v) is 3.92. The van der Waals surface area contributed by atoms with Gasteiger partial charge in [-0.25, -0.2) is 0 Å². The molecule has 4 rings (SSSR count). The van der Waals surface area contributed by atoms with Gasteiger partial charge in [0.15, 0.2) is 6.61 Å². The molecule has 7 nitrogen and oxygen atoms in total. The Morgan fingerprint density at radius 2 is 1.72 bits per heavy atom. The molecule has 1 aliphatic rings. The lowest BCUT2D eigenvalue weighted by molar-refractivity contribution is -0.137. The lowest BCUT2D eigenvalue weighted by Gasteiger charge is -2.26. The normalized spacial score (nSPS) is 13.8. The highest BCUT2D eigenvalue weighted by molar-refractivity contribution is 6.01. The third-order valence-electron chi connectivity index (χ3n) is 6.00. The number of benzene rings is 3. The van der Waals surface area contributed by atoms with E-state index < -0.39 is 0 Å². The van der Waals surface area contributed by atoms with E-state index in [-0.39, 0.29) is 12.5 Å². The second kappa shape index (κ2) is 12.7. The Hall–Kier alpha value is -3.84. The molecule has 1 aliphatic heterocycles. The molecule has 1 heterocycles. The lowest BCUT2D eigenvalue weighted by Crippen LogP contribution is -2.43. The molecule has 3 aromatic carbocycles. The lowest BCUT2D eigenvalue weighted by atomic mass is 10.0. The van der Waals surface area contributed by atoms with E-state index in [1.54, 1.807) is 12.0 Å². The molecule has 36 heavy (non-hydrogen) atoms. The van der Waals surface area contributed by atoms with Crippen molar-refractivity contribution in [3.05, 3.63) is 95.1 Å². The SMILES string of the molecule is COc1ccc(CO/N=C(/Cc2ccccc2)c2ccc(OCC(=O)N3CCOCC3)c(C)c2)cc1. The number of carbonyl (C=O) groups is 1. The maximum absolute atomic E-state index is 12.4. The van der Waals surface area contributed by atoms with Gasteiger partial charge in [-0.2, -0.15) is 0 Å². The van der Waals surface area contributed by atoms with Crippen molar-refractivity contribution in [1.82, 2.24) is 4.90 Å². The minimum atomic E-state index is -0.0277. The van der Waals surface area contributed by atoms with Crippen LogP contribution in [-0.2, 0) is 27.4 Å². The molecular formula is C29H32N2O5. The van der Waals surface area contributed by atoms with Gasteiger partial charge in [0.2, 0.25) is 0 Å². The molecule has 1 saturated heterocycles. The zero-order valence-corrected chi connectivity index (χ0v) is 20.8. The first-order valence-corrected chi connectivity index (χ1v) is 12.1. The Bertz CT molecular complexity index is 1160. The van der Waals surface area contributed by atoms with Crippen molar-refractivity contribution in [3.8, 4) is 11.5 Å². The zero-order valence-electron chi connectivity index (χ0n) is 20.8. The van der Waals surface area contributed by atoms with Crippen LogP contribution in [0.2, 0.25) is 0 Å². The van der Waals surface area contributed by atoms with Gasteiger partial charge in [0, 0.05) is 25.1 Å². The number of ether oxygens (including phenoxy) is 3. The summed E-state index contributed by atoms with van der Waals surface area (Å²) in [6.07, 6.45) is 0.624. The number of carbonyl (C=O) groups excluding carboxylic acids is 1. The van der Waals surface area contributed by atoms with Gasteiger partial charge >= 0.3 is 0 Å². The maximum atomic E-state index is 12.4. The van der Waals surface area contributed by atoms with Crippen LogP contribution < -0.4 is 9.47 Å². The number of hydrogen-bond donors (Lipinski definition) is 0. The van der Waals surface area contributed by atoms with Crippen LogP contribution in [-0.4, -0.2) is 56.5 Å². The van der Waals surface area contributed by atoms with Crippen LogP contribution in [0.25, 0.3) is 0 Å². The van der Waals surface area contributed by atoms with E-state index in [4.69, 9.17) is 19.0 Å². The van der Waals surface area contributed by atoms with Gasteiger partial charge in [-0.15, -0.1) is 0 Å². The van der Waals surface area contributed by atoms with Crippen LogP contribution >= 0.6 is 0 Å². The Labute approximate surface area is 212 Å². The maximum Gasteiger partial charge on any atom is 0.260 e. The molecule has 0 unspecified atom stereocenters. The van der Waals surface area contributed by atoms with E-state index in [9.17, 15) is 4.79 Å². The van der Waals surface area contributed by atoms with Crippen LogP contribution in [0.1, 0.15) is 22.3 Å². The monoisotopic (exact) mass is 488 g/mol. The van der Waals surface area contributed by atoms with Gasteiger partial charge in [0.1, 0.15) is 18.1 Å². The fourth-order valence-electron chi connectivity index (χ4n) is 3.92. The molecule has 7 heteroatoms. The number of amides is 1. The van der Waals surface area contributed by atoms with Crippen molar-refractivity contribution in [3.63, 3.8) is 0 Å². The van der Waals surface area contributed by atoms with Crippen LogP contribution in [0.5, 0.6) is 11.5 Å². The van der Waals surface area contributed by atoms with E-state index in [1.165, 1.54) is 0 Å². The van der Waals surface area contributed by atoms with E-state index in [0.29, 0.717) is 45.1 Å². The molecule has 0 atom stereocenters. The summed E-state index contributed by atoms with van der Waals surface area (Å²) in [4.78, 5) is 20.0. The minimum Gasteiger partial charge on any atom is -0.497 e. The molecular weight excluding hydrogens is 456 g/mol. The van der Waals surface area contributed by atoms with E-state index in [0.717, 1.165) is 33.7 Å². The van der Waals surface area contributed by atoms with Crippen LogP contribution in [0, 0.1) is 6.92 Å². The Kier molecular flexibility index (Phi) is 8.94. The first-order valence-electron chi connectivity index (χ1n) is 12.1. The van der Waals surface area contributed by atoms with Gasteiger partial charge in [-0.1, -0.05) is 47.6 Å². The molecule has 0 aliphatic carbocycles. The Morgan fingerprint density at radius 1 is 0.972 bits per heavy atom. The predicted molar refractivity (Wildman–Crippen MR) is 139 cm³/mol. The minimum absolute atomic E-state index is 0.0100. The second-order valence-corrected chi connectivity index (χ2v) is 8.58. The Balaban J connectivity index is 1.45. The molecule has 188 valence electrons. The van der Waals surface area contributed by atoms with Crippen molar-refractivity contribution in [2.24, 2.45) is 5.16 Å². The summed E-state index contributed by atoms with van der Waals surface area (Å²) in [6, 6.07) is 23.7. The topological polar surface area (TPSA) is 69.6 Å². The summed E-state index contributed by atoms with van der Waals surface area (Å²) < 4.78 is 16.4. The van der Waals surface area contributed by atoms with Crippen molar-refractivity contribution in [1.29, 1.82) is 0 Å². The molecule has 0 aromatic heterocycles. The van der Waals surface area contributed by atoms with Gasteiger partial charge in [0.25, 0.3) is 5.91 Å². The zero-order chi connectivity index (χ0) is 25.2. The van der Waals surface area contributed by atoms with Crippen molar-refractivity contribution >= 4 is 11.6 Å². The molecule has 1 amide bonds. The van der Waals surface area contributed by atoms with E-state index in [2.05, 4.69) is 17.3 Å². The average Bonchev–Trinajstić information content (AvgIpc) is 2.93. The van der Waals surface area contributed by atoms with E-state index in [1.807, 2.05) is 67.6 Å². The van der Waals surface area contributed by atoms with E-state index >= 15 is 0 Å². The largest absolute Gasteiger partial charge is 0.497 e. The van der Waals surface area contributed by atoms with Crippen LogP contribution in [0.3, 0.4) is 0 Å². The summed E-state index contributed by atoms with van der Waals surface area (Å²) in [7, 11) is 1.64. The fraction of sp³-hybridized carbons (Fsp3) is 0.310. The van der Waals surface area contributed by atoms with Gasteiger partial charge in [-0.3, -0.25) is 4.79 Å². The van der Waals surface area contributed by atoms with Crippen LogP contribution in [0.4, 0.5) is 0 Å². The number of morpholine rings is 1. The summed E-state index contributed by atoms with van der Waals surface area (Å²) in [5.74, 6) is 1.45. The van der Waals surface area contributed by atoms with Gasteiger partial charge < -0.3 is 23.9 Å². The quantitative estimate of drug-likeness (QED) is 0.312.